The van der Waals surface area contributed by atoms with Crippen LogP contribution >= 0.6 is 0 Å². The number of nitrogens with two attached hydrogens (primary N) is 1. The van der Waals surface area contributed by atoms with E-state index in [1.54, 1.807) is 0 Å². The van der Waals surface area contributed by atoms with Gasteiger partial charge in [-0.25, -0.2) is 0 Å². The van der Waals surface area contributed by atoms with E-state index >= 15 is 0 Å². The molecule has 0 radical (unpaired) electrons. The number of fused-ring (bicyclic) bond motifs is 1. The van der Waals surface area contributed by atoms with Gasteiger partial charge in [0.05, 0.1) is 13.2 Å². The average molecular weight is 223 g/mol. The zero-order valence-corrected chi connectivity index (χ0v) is 9.44. The van der Waals surface area contributed by atoms with E-state index in [0.717, 1.165) is 17.1 Å². The van der Waals surface area contributed by atoms with Crippen molar-refractivity contribution in [1.82, 2.24) is 0 Å². The van der Waals surface area contributed by atoms with Crippen molar-refractivity contribution in [3.8, 4) is 11.5 Å². The monoisotopic (exact) mass is 223 g/mol. The van der Waals surface area contributed by atoms with Crippen molar-refractivity contribution < 1.29 is 14.2 Å². The van der Waals surface area contributed by atoms with Gasteiger partial charge in [-0.15, -0.1) is 0 Å². The molecular weight excluding hydrogens is 206 g/mol. The smallest absolute Gasteiger partial charge is 0.231 e. The number of hydrogen-bond acceptors (Lipinski definition) is 4. The number of ether oxygens (including phenoxy) is 3. The van der Waals surface area contributed by atoms with E-state index in [-0.39, 0.29) is 0 Å². The lowest BCUT2D eigenvalue weighted by Gasteiger charge is -2.09. The van der Waals surface area contributed by atoms with Crippen LogP contribution in [-0.2, 0) is 11.3 Å². The lowest BCUT2D eigenvalue weighted by Crippen LogP contribution is -2.16. The van der Waals surface area contributed by atoms with Gasteiger partial charge in [0.1, 0.15) is 0 Å². The standard InChI is InChI=1S/C12H17NO3/c1-9(5-13)6-14-7-10-2-3-11-12(4-10)16-8-15-11/h2-4,9H,5-8,13H2,1H3. The summed E-state index contributed by atoms with van der Waals surface area (Å²) in [6.45, 7) is 4.30. The molecule has 0 spiro atoms. The van der Waals surface area contributed by atoms with Gasteiger partial charge in [0.15, 0.2) is 11.5 Å². The van der Waals surface area contributed by atoms with Crippen molar-refractivity contribution in [2.24, 2.45) is 11.7 Å². The molecule has 1 unspecified atom stereocenters. The first-order valence-electron chi connectivity index (χ1n) is 5.46. The highest BCUT2D eigenvalue weighted by molar-refractivity contribution is 5.44. The first-order valence-corrected chi connectivity index (χ1v) is 5.46. The molecule has 4 nitrogen and oxygen atoms in total. The van der Waals surface area contributed by atoms with Crippen LogP contribution in [0.25, 0.3) is 0 Å². The highest BCUT2D eigenvalue weighted by Crippen LogP contribution is 2.32. The molecule has 2 N–H and O–H groups in total. The predicted molar refractivity (Wildman–Crippen MR) is 60.4 cm³/mol. The number of benzene rings is 1. The fraction of sp³-hybridized carbons (Fsp3) is 0.500. The topological polar surface area (TPSA) is 53.7 Å². The predicted octanol–water partition coefficient (Wildman–Crippen LogP) is 1.53. The van der Waals surface area contributed by atoms with Crippen LogP contribution in [-0.4, -0.2) is 19.9 Å². The molecule has 1 heterocycles. The summed E-state index contributed by atoms with van der Waals surface area (Å²) in [7, 11) is 0. The largest absolute Gasteiger partial charge is 0.454 e. The number of rotatable bonds is 5. The third kappa shape index (κ3) is 2.65. The summed E-state index contributed by atoms with van der Waals surface area (Å²) in [4.78, 5) is 0. The van der Waals surface area contributed by atoms with Gasteiger partial charge in [-0.05, 0) is 30.2 Å². The Morgan fingerprint density at radius 3 is 3.00 bits per heavy atom. The minimum absolute atomic E-state index is 0.309. The molecule has 0 saturated carbocycles. The Kier molecular flexibility index (Phi) is 3.64. The van der Waals surface area contributed by atoms with E-state index in [0.29, 0.717) is 32.5 Å². The normalized spacial score (nSPS) is 15.1. The van der Waals surface area contributed by atoms with Crippen molar-refractivity contribution in [2.75, 3.05) is 19.9 Å². The Morgan fingerprint density at radius 1 is 1.38 bits per heavy atom. The summed E-state index contributed by atoms with van der Waals surface area (Å²) >= 11 is 0. The molecule has 1 aliphatic heterocycles. The molecule has 1 aromatic rings. The molecule has 0 aromatic heterocycles. The first kappa shape index (κ1) is 11.2. The zero-order valence-electron chi connectivity index (χ0n) is 9.44. The molecule has 2 rings (SSSR count). The summed E-state index contributed by atoms with van der Waals surface area (Å²) in [6, 6.07) is 5.85. The fourth-order valence-corrected chi connectivity index (χ4v) is 1.48. The zero-order chi connectivity index (χ0) is 11.4. The highest BCUT2D eigenvalue weighted by Gasteiger charge is 2.13. The Bertz CT molecular complexity index is 354. The van der Waals surface area contributed by atoms with Gasteiger partial charge in [-0.1, -0.05) is 13.0 Å². The molecule has 1 atom stereocenters. The molecule has 0 bridgehead atoms. The van der Waals surface area contributed by atoms with Crippen molar-refractivity contribution in [1.29, 1.82) is 0 Å². The van der Waals surface area contributed by atoms with Gasteiger partial charge in [-0.2, -0.15) is 0 Å². The lowest BCUT2D eigenvalue weighted by atomic mass is 10.2. The van der Waals surface area contributed by atoms with Crippen LogP contribution in [0.15, 0.2) is 18.2 Å². The second-order valence-corrected chi connectivity index (χ2v) is 4.04. The van der Waals surface area contributed by atoms with Gasteiger partial charge in [0.25, 0.3) is 0 Å². The second kappa shape index (κ2) is 5.18. The van der Waals surface area contributed by atoms with Gasteiger partial charge in [0.2, 0.25) is 6.79 Å². The molecule has 4 heteroatoms. The van der Waals surface area contributed by atoms with Crippen LogP contribution in [0.2, 0.25) is 0 Å². The highest BCUT2D eigenvalue weighted by atomic mass is 16.7. The summed E-state index contributed by atoms with van der Waals surface area (Å²) in [5.41, 5.74) is 6.60. The second-order valence-electron chi connectivity index (χ2n) is 4.04. The maximum absolute atomic E-state index is 5.56. The molecule has 1 aliphatic rings. The average Bonchev–Trinajstić information content (AvgIpc) is 2.76. The molecular formula is C12H17NO3. The van der Waals surface area contributed by atoms with Gasteiger partial charge < -0.3 is 19.9 Å². The van der Waals surface area contributed by atoms with Crippen molar-refractivity contribution >= 4 is 0 Å². The van der Waals surface area contributed by atoms with Crippen LogP contribution in [0.4, 0.5) is 0 Å². The Morgan fingerprint density at radius 2 is 2.19 bits per heavy atom. The fourth-order valence-electron chi connectivity index (χ4n) is 1.48. The van der Waals surface area contributed by atoms with Crippen LogP contribution in [0.5, 0.6) is 11.5 Å². The summed E-state index contributed by atoms with van der Waals surface area (Å²) in [5, 5.41) is 0. The molecule has 88 valence electrons. The van der Waals surface area contributed by atoms with Crippen LogP contribution in [0.1, 0.15) is 12.5 Å². The Hall–Kier alpha value is -1.26. The van der Waals surface area contributed by atoms with E-state index in [2.05, 4.69) is 6.92 Å². The van der Waals surface area contributed by atoms with E-state index in [9.17, 15) is 0 Å². The Labute approximate surface area is 95.3 Å². The molecule has 0 fully saturated rings. The SMILES string of the molecule is CC(CN)COCc1ccc2c(c1)OCO2. The van der Waals surface area contributed by atoms with Crippen LogP contribution in [0.3, 0.4) is 0 Å². The lowest BCUT2D eigenvalue weighted by molar-refractivity contribution is 0.0942. The van der Waals surface area contributed by atoms with Gasteiger partial charge in [0, 0.05) is 0 Å². The third-order valence-corrected chi connectivity index (χ3v) is 2.51. The molecule has 1 aromatic carbocycles. The van der Waals surface area contributed by atoms with Crippen molar-refractivity contribution in [3.63, 3.8) is 0 Å². The van der Waals surface area contributed by atoms with E-state index in [1.165, 1.54) is 0 Å². The molecule has 0 saturated heterocycles. The van der Waals surface area contributed by atoms with E-state index < -0.39 is 0 Å². The number of hydrogen-bond donors (Lipinski definition) is 1. The van der Waals surface area contributed by atoms with E-state index in [4.69, 9.17) is 19.9 Å². The maximum Gasteiger partial charge on any atom is 0.231 e. The molecule has 0 amide bonds. The summed E-state index contributed by atoms with van der Waals surface area (Å²) in [6.07, 6.45) is 0. The van der Waals surface area contributed by atoms with Crippen LogP contribution < -0.4 is 15.2 Å². The van der Waals surface area contributed by atoms with Gasteiger partial charge in [-0.3, -0.25) is 0 Å². The summed E-state index contributed by atoms with van der Waals surface area (Å²) < 4.78 is 16.1. The maximum atomic E-state index is 5.56. The van der Waals surface area contributed by atoms with Crippen LogP contribution in [0, 0.1) is 5.92 Å². The minimum atomic E-state index is 0.309. The summed E-state index contributed by atoms with van der Waals surface area (Å²) in [5.74, 6) is 2.00. The van der Waals surface area contributed by atoms with Gasteiger partial charge >= 0.3 is 0 Å². The molecule has 16 heavy (non-hydrogen) atoms. The van der Waals surface area contributed by atoms with Crippen molar-refractivity contribution in [2.45, 2.75) is 13.5 Å². The van der Waals surface area contributed by atoms with Crippen molar-refractivity contribution in [3.05, 3.63) is 23.8 Å². The third-order valence-electron chi connectivity index (χ3n) is 2.51. The van der Waals surface area contributed by atoms with E-state index in [1.807, 2.05) is 18.2 Å². The quantitative estimate of drug-likeness (QED) is 0.822. The first-order chi connectivity index (χ1) is 7.79. The molecule has 0 aliphatic carbocycles. The Balaban J connectivity index is 1.86. The minimum Gasteiger partial charge on any atom is -0.454 e.